The second kappa shape index (κ2) is 9.00. The summed E-state index contributed by atoms with van der Waals surface area (Å²) in [5.41, 5.74) is 8.30. The summed E-state index contributed by atoms with van der Waals surface area (Å²) in [7, 11) is 0. The molecule has 1 fully saturated rings. The first kappa shape index (κ1) is 22.0. The van der Waals surface area contributed by atoms with Crippen LogP contribution in [0.4, 0.5) is 0 Å². The summed E-state index contributed by atoms with van der Waals surface area (Å²) < 4.78 is 0. The first-order valence-corrected chi connectivity index (χ1v) is 11.7. The summed E-state index contributed by atoms with van der Waals surface area (Å²) in [5.74, 6) is 1.44. The molecule has 0 saturated carbocycles. The van der Waals surface area contributed by atoms with Crippen molar-refractivity contribution in [3.05, 3.63) is 69.8 Å². The number of benzene rings is 2. The van der Waals surface area contributed by atoms with Crippen molar-refractivity contribution in [2.75, 3.05) is 6.54 Å². The average molecular weight is 408 g/mol. The van der Waals surface area contributed by atoms with Gasteiger partial charge in [0, 0.05) is 12.1 Å². The molecule has 0 bridgehead atoms. The lowest BCUT2D eigenvalue weighted by Crippen LogP contribution is -2.31. The minimum absolute atomic E-state index is 0.396. The van der Waals surface area contributed by atoms with Crippen molar-refractivity contribution in [1.82, 2.24) is 4.90 Å². The normalized spacial score (nSPS) is 17.0. The van der Waals surface area contributed by atoms with E-state index >= 15 is 0 Å². The predicted molar refractivity (Wildman–Crippen MR) is 130 cm³/mol. The minimum atomic E-state index is 0.396. The molecule has 0 aromatic heterocycles. The van der Waals surface area contributed by atoms with Crippen LogP contribution in [0.5, 0.6) is 0 Å². The highest BCUT2D eigenvalue weighted by atomic mass is 32.1. The van der Waals surface area contributed by atoms with E-state index in [-0.39, 0.29) is 0 Å². The van der Waals surface area contributed by atoms with Gasteiger partial charge >= 0.3 is 0 Å². The number of thiocarbonyl (C=S) groups is 1. The van der Waals surface area contributed by atoms with Crippen LogP contribution in [0.25, 0.3) is 0 Å². The summed E-state index contributed by atoms with van der Waals surface area (Å²) in [6.45, 7) is 17.0. The van der Waals surface area contributed by atoms with E-state index in [1.807, 2.05) is 0 Å². The molecular formula is C27H37NS. The van der Waals surface area contributed by atoms with Crippen LogP contribution in [0.3, 0.4) is 0 Å². The van der Waals surface area contributed by atoms with Crippen molar-refractivity contribution < 1.29 is 0 Å². The SMILES string of the molecule is Cc1ccc([C@H]2CCCN2C(=S)c2c(C(C)C)cc(C(C)C)cc2C(C)C)cc1. The molecule has 29 heavy (non-hydrogen) atoms. The predicted octanol–water partition coefficient (Wildman–Crippen LogP) is 7.88. The van der Waals surface area contributed by atoms with Crippen LogP contribution in [0.1, 0.15) is 112 Å². The van der Waals surface area contributed by atoms with Gasteiger partial charge in [0.05, 0.1) is 6.04 Å². The van der Waals surface area contributed by atoms with Crippen molar-refractivity contribution in [3.63, 3.8) is 0 Å². The largest absolute Gasteiger partial charge is 0.355 e. The van der Waals surface area contributed by atoms with Gasteiger partial charge in [-0.15, -0.1) is 0 Å². The second-order valence-corrected chi connectivity index (χ2v) is 9.99. The number of hydrogen-bond acceptors (Lipinski definition) is 1. The molecular weight excluding hydrogens is 370 g/mol. The van der Waals surface area contributed by atoms with Crippen LogP contribution in [-0.4, -0.2) is 16.4 Å². The standard InChI is InChI=1S/C27H37NS/c1-17(2)22-15-23(18(3)4)26(24(16-22)19(5)6)27(29)28-14-8-9-25(28)21-12-10-20(7)11-13-21/h10-13,15-19,25H,8-9,14H2,1-7H3/t25-/m1/s1. The fourth-order valence-corrected chi connectivity index (χ4v) is 4.95. The second-order valence-electron chi connectivity index (χ2n) is 9.61. The third-order valence-electron chi connectivity index (χ3n) is 6.32. The van der Waals surface area contributed by atoms with Crippen molar-refractivity contribution >= 4 is 17.2 Å². The number of nitrogens with zero attached hydrogens (tertiary/aromatic N) is 1. The molecule has 1 nitrogen and oxygen atoms in total. The quantitative estimate of drug-likeness (QED) is 0.464. The molecule has 0 N–H and O–H groups in total. The zero-order chi connectivity index (χ0) is 21.3. The topological polar surface area (TPSA) is 3.24 Å². The third-order valence-corrected chi connectivity index (χ3v) is 6.76. The zero-order valence-corrected chi connectivity index (χ0v) is 20.1. The maximum absolute atomic E-state index is 6.23. The van der Waals surface area contributed by atoms with E-state index in [0.717, 1.165) is 11.5 Å². The molecule has 2 aromatic rings. The highest BCUT2D eigenvalue weighted by Crippen LogP contribution is 2.38. The van der Waals surface area contributed by atoms with Gasteiger partial charge in [0.1, 0.15) is 4.99 Å². The number of rotatable bonds is 5. The molecule has 0 radical (unpaired) electrons. The maximum atomic E-state index is 6.23. The summed E-state index contributed by atoms with van der Waals surface area (Å²) in [5, 5.41) is 0. The van der Waals surface area contributed by atoms with Crippen molar-refractivity contribution in [2.45, 2.75) is 85.1 Å². The van der Waals surface area contributed by atoms with E-state index in [9.17, 15) is 0 Å². The Morgan fingerprint density at radius 3 is 1.93 bits per heavy atom. The Morgan fingerprint density at radius 1 is 0.897 bits per heavy atom. The Labute approximate surface area is 183 Å². The van der Waals surface area contributed by atoms with Gasteiger partial charge in [0.2, 0.25) is 0 Å². The number of hydrogen-bond donors (Lipinski definition) is 0. The third kappa shape index (κ3) is 4.58. The Morgan fingerprint density at radius 2 is 1.45 bits per heavy atom. The van der Waals surface area contributed by atoms with Gasteiger partial charge in [-0.05, 0) is 59.8 Å². The Balaban J connectivity index is 2.08. The van der Waals surface area contributed by atoms with Gasteiger partial charge in [-0.2, -0.15) is 0 Å². The van der Waals surface area contributed by atoms with Crippen LogP contribution >= 0.6 is 12.2 Å². The first-order valence-electron chi connectivity index (χ1n) is 11.3. The first-order chi connectivity index (χ1) is 13.7. The lowest BCUT2D eigenvalue weighted by Gasteiger charge is -2.32. The van der Waals surface area contributed by atoms with Crippen LogP contribution in [0, 0.1) is 6.92 Å². The molecule has 1 aliphatic heterocycles. The summed E-state index contributed by atoms with van der Waals surface area (Å²) >= 11 is 6.23. The average Bonchev–Trinajstić information content (AvgIpc) is 3.16. The highest BCUT2D eigenvalue weighted by molar-refractivity contribution is 7.80. The summed E-state index contributed by atoms with van der Waals surface area (Å²) in [4.78, 5) is 3.55. The molecule has 1 atom stereocenters. The fraction of sp³-hybridized carbons (Fsp3) is 0.519. The smallest absolute Gasteiger partial charge is 0.110 e. The molecule has 1 saturated heterocycles. The van der Waals surface area contributed by atoms with Crippen molar-refractivity contribution in [1.29, 1.82) is 0 Å². The molecule has 0 spiro atoms. The Hall–Kier alpha value is -1.67. The molecule has 0 amide bonds. The molecule has 3 rings (SSSR count). The van der Waals surface area contributed by atoms with Gasteiger partial charge in [-0.25, -0.2) is 0 Å². The van der Waals surface area contributed by atoms with E-state index in [1.54, 1.807) is 0 Å². The van der Waals surface area contributed by atoms with E-state index < -0.39 is 0 Å². The van der Waals surface area contributed by atoms with Gasteiger partial charge < -0.3 is 4.90 Å². The molecule has 1 heterocycles. The van der Waals surface area contributed by atoms with Gasteiger partial charge in [0.25, 0.3) is 0 Å². The van der Waals surface area contributed by atoms with Crippen LogP contribution in [0.2, 0.25) is 0 Å². The monoisotopic (exact) mass is 407 g/mol. The summed E-state index contributed by atoms with van der Waals surface area (Å²) in [6, 6.07) is 14.3. The Kier molecular flexibility index (Phi) is 6.83. The van der Waals surface area contributed by atoms with Gasteiger partial charge in [-0.3, -0.25) is 0 Å². The fourth-order valence-electron chi connectivity index (χ4n) is 4.49. The van der Waals surface area contributed by atoms with Crippen LogP contribution < -0.4 is 0 Å². The molecule has 0 unspecified atom stereocenters. The Bertz CT molecular complexity index is 832. The minimum Gasteiger partial charge on any atom is -0.355 e. The highest BCUT2D eigenvalue weighted by Gasteiger charge is 2.31. The molecule has 2 heteroatoms. The van der Waals surface area contributed by atoms with Gasteiger partial charge in [0.15, 0.2) is 0 Å². The maximum Gasteiger partial charge on any atom is 0.110 e. The summed E-state index contributed by atoms with van der Waals surface area (Å²) in [6.07, 6.45) is 2.39. The van der Waals surface area contributed by atoms with Crippen LogP contribution in [0.15, 0.2) is 36.4 Å². The molecule has 2 aromatic carbocycles. The van der Waals surface area contributed by atoms with E-state index in [4.69, 9.17) is 12.2 Å². The zero-order valence-electron chi connectivity index (χ0n) is 19.3. The lowest BCUT2D eigenvalue weighted by molar-refractivity contribution is 0.407. The van der Waals surface area contributed by atoms with E-state index in [0.29, 0.717) is 23.8 Å². The van der Waals surface area contributed by atoms with Crippen molar-refractivity contribution in [2.24, 2.45) is 0 Å². The number of likely N-dealkylation sites (tertiary alicyclic amines) is 1. The van der Waals surface area contributed by atoms with Crippen molar-refractivity contribution in [3.8, 4) is 0 Å². The molecule has 156 valence electrons. The lowest BCUT2D eigenvalue weighted by atomic mass is 9.84. The van der Waals surface area contributed by atoms with E-state index in [2.05, 4.69) is 89.8 Å². The number of aryl methyl sites for hydroxylation is 1. The molecule has 0 aliphatic carbocycles. The van der Waals surface area contributed by atoms with Crippen LogP contribution in [-0.2, 0) is 0 Å². The molecule has 1 aliphatic rings. The van der Waals surface area contributed by atoms with E-state index in [1.165, 1.54) is 46.2 Å². The van der Waals surface area contributed by atoms with Gasteiger partial charge in [-0.1, -0.05) is 95.7 Å².